The lowest BCUT2D eigenvalue weighted by atomic mass is 10.1. The second kappa shape index (κ2) is 6.57. The van der Waals surface area contributed by atoms with Gasteiger partial charge >= 0.3 is 0 Å². The lowest BCUT2D eigenvalue weighted by molar-refractivity contribution is 0.102. The predicted octanol–water partition coefficient (Wildman–Crippen LogP) is 4.55. The minimum atomic E-state index is -0.302. The molecule has 0 aliphatic heterocycles. The smallest absolute Gasteiger partial charge is 0.276 e. The van der Waals surface area contributed by atoms with Crippen LogP contribution in [0.15, 0.2) is 53.0 Å². The largest absolute Gasteiger partial charge is 0.321 e. The number of hydrogen-bond donors (Lipinski definition) is 1. The van der Waals surface area contributed by atoms with E-state index in [-0.39, 0.29) is 11.7 Å². The molecule has 0 atom stereocenters. The molecule has 0 aliphatic rings. The highest BCUT2D eigenvalue weighted by atomic mass is 79.9. The molecule has 0 saturated heterocycles. The van der Waals surface area contributed by atoms with Crippen molar-refractivity contribution < 1.29 is 9.18 Å². The number of hydrogen-bond acceptors (Lipinski definition) is 2. The highest BCUT2D eigenvalue weighted by Crippen LogP contribution is 2.23. The van der Waals surface area contributed by atoms with E-state index in [2.05, 4.69) is 26.3 Å². The first kappa shape index (κ1) is 16.4. The molecule has 3 rings (SSSR count). The highest BCUT2D eigenvalue weighted by molar-refractivity contribution is 9.10. The zero-order chi connectivity index (χ0) is 17.3. The van der Waals surface area contributed by atoms with Crippen molar-refractivity contribution in [3.05, 3.63) is 70.1 Å². The van der Waals surface area contributed by atoms with Crippen LogP contribution in [0.1, 0.15) is 16.1 Å². The number of carbonyl (C=O) groups excluding carboxylic acids is 1. The second-order valence-corrected chi connectivity index (χ2v) is 6.32. The average molecular weight is 388 g/mol. The molecule has 4 nitrogen and oxygen atoms in total. The molecule has 1 heterocycles. The Kier molecular flexibility index (Phi) is 4.49. The fraction of sp³-hybridized carbons (Fsp3) is 0.111. The molecule has 0 radical (unpaired) electrons. The van der Waals surface area contributed by atoms with E-state index in [0.717, 1.165) is 21.3 Å². The normalized spacial score (nSPS) is 10.7. The molecule has 0 bridgehead atoms. The molecule has 0 aliphatic carbocycles. The number of halogens is 2. The first-order valence-electron chi connectivity index (χ1n) is 7.31. The van der Waals surface area contributed by atoms with Crippen molar-refractivity contribution in [2.24, 2.45) is 7.05 Å². The number of amides is 1. The summed E-state index contributed by atoms with van der Waals surface area (Å²) in [6.45, 7) is 1.98. The zero-order valence-corrected chi connectivity index (χ0v) is 14.8. The minimum absolute atomic E-state index is 0.297. The Morgan fingerprint density at radius 2 is 1.88 bits per heavy atom. The first-order chi connectivity index (χ1) is 11.4. The van der Waals surface area contributed by atoms with E-state index in [4.69, 9.17) is 0 Å². The number of nitrogens with zero attached hydrogens (tertiary/aromatic N) is 2. The Labute approximate surface area is 147 Å². The predicted molar refractivity (Wildman–Crippen MR) is 95.4 cm³/mol. The Hall–Kier alpha value is -2.47. The number of benzene rings is 2. The van der Waals surface area contributed by atoms with Gasteiger partial charge in [-0.25, -0.2) is 4.39 Å². The summed E-state index contributed by atoms with van der Waals surface area (Å²) in [5.41, 5.74) is 3.61. The summed E-state index contributed by atoms with van der Waals surface area (Å²) in [7, 11) is 1.75. The maximum absolute atomic E-state index is 13.0. The quantitative estimate of drug-likeness (QED) is 0.716. The standard InChI is InChI=1S/C18H15BrFN3O/c1-11-3-8-14(9-15(11)19)21-18(24)16-10-17(23(2)22-16)12-4-6-13(20)7-5-12/h3-10H,1-2H3,(H,21,24). The van der Waals surface area contributed by atoms with E-state index in [1.54, 1.807) is 29.9 Å². The Morgan fingerprint density at radius 1 is 1.17 bits per heavy atom. The molecule has 2 aromatic carbocycles. The summed E-state index contributed by atoms with van der Waals surface area (Å²) in [4.78, 5) is 12.4. The van der Waals surface area contributed by atoms with Crippen molar-refractivity contribution in [1.29, 1.82) is 0 Å². The number of carbonyl (C=O) groups is 1. The van der Waals surface area contributed by atoms with Crippen LogP contribution in [0.25, 0.3) is 11.3 Å². The summed E-state index contributed by atoms with van der Waals surface area (Å²) in [5, 5.41) is 7.07. The van der Waals surface area contributed by atoms with Crippen molar-refractivity contribution >= 4 is 27.5 Å². The van der Waals surface area contributed by atoms with Gasteiger partial charge in [-0.1, -0.05) is 22.0 Å². The molecule has 3 aromatic rings. The maximum atomic E-state index is 13.0. The Morgan fingerprint density at radius 3 is 2.54 bits per heavy atom. The van der Waals surface area contributed by atoms with E-state index in [1.165, 1.54) is 12.1 Å². The van der Waals surface area contributed by atoms with Gasteiger partial charge in [-0.3, -0.25) is 9.48 Å². The van der Waals surface area contributed by atoms with Gasteiger partial charge in [0.05, 0.1) is 5.69 Å². The van der Waals surface area contributed by atoms with Crippen molar-refractivity contribution in [2.75, 3.05) is 5.32 Å². The van der Waals surface area contributed by atoms with Gasteiger partial charge in [-0.15, -0.1) is 0 Å². The van der Waals surface area contributed by atoms with Crippen LogP contribution < -0.4 is 5.32 Å². The van der Waals surface area contributed by atoms with Crippen LogP contribution in [0.4, 0.5) is 10.1 Å². The van der Waals surface area contributed by atoms with Crippen molar-refractivity contribution in [3.8, 4) is 11.3 Å². The van der Waals surface area contributed by atoms with Crippen LogP contribution in [-0.2, 0) is 7.05 Å². The van der Waals surface area contributed by atoms with Crippen LogP contribution in [0, 0.1) is 12.7 Å². The summed E-state index contributed by atoms with van der Waals surface area (Å²) in [6.07, 6.45) is 0. The molecule has 6 heteroatoms. The fourth-order valence-electron chi connectivity index (χ4n) is 2.33. The molecule has 0 spiro atoms. The van der Waals surface area contributed by atoms with Gasteiger partial charge in [0.2, 0.25) is 0 Å². The lowest BCUT2D eigenvalue weighted by Crippen LogP contribution is -2.13. The van der Waals surface area contributed by atoms with E-state index in [9.17, 15) is 9.18 Å². The summed E-state index contributed by atoms with van der Waals surface area (Å²) in [5.74, 6) is -0.599. The highest BCUT2D eigenvalue weighted by Gasteiger charge is 2.14. The molecule has 122 valence electrons. The van der Waals surface area contributed by atoms with E-state index < -0.39 is 0 Å². The summed E-state index contributed by atoms with van der Waals surface area (Å²) >= 11 is 3.44. The number of aromatic nitrogens is 2. The van der Waals surface area contributed by atoms with Crippen LogP contribution >= 0.6 is 15.9 Å². The third-order valence-electron chi connectivity index (χ3n) is 3.68. The fourth-order valence-corrected chi connectivity index (χ4v) is 2.71. The van der Waals surface area contributed by atoms with E-state index >= 15 is 0 Å². The topological polar surface area (TPSA) is 46.9 Å². The number of aryl methyl sites for hydroxylation is 2. The molecule has 0 fully saturated rings. The van der Waals surface area contributed by atoms with Gasteiger partial charge in [0.25, 0.3) is 5.91 Å². The molecular formula is C18H15BrFN3O. The summed E-state index contributed by atoms with van der Waals surface area (Å²) in [6, 6.07) is 13.4. The van der Waals surface area contributed by atoms with Crippen molar-refractivity contribution in [1.82, 2.24) is 9.78 Å². The first-order valence-corrected chi connectivity index (χ1v) is 8.11. The van der Waals surface area contributed by atoms with Crippen LogP contribution in [0.5, 0.6) is 0 Å². The molecule has 24 heavy (non-hydrogen) atoms. The van der Waals surface area contributed by atoms with Gasteiger partial charge in [0, 0.05) is 17.2 Å². The zero-order valence-electron chi connectivity index (χ0n) is 13.2. The Bertz CT molecular complexity index is 903. The molecular weight excluding hydrogens is 373 g/mol. The van der Waals surface area contributed by atoms with Crippen LogP contribution in [0.3, 0.4) is 0 Å². The molecule has 1 amide bonds. The van der Waals surface area contributed by atoms with Gasteiger partial charge in [0.1, 0.15) is 5.82 Å². The Balaban J connectivity index is 1.84. The molecule has 1 N–H and O–H groups in total. The number of rotatable bonds is 3. The van der Waals surface area contributed by atoms with Gasteiger partial charge in [-0.05, 0) is 60.5 Å². The molecule has 0 unspecified atom stereocenters. The van der Waals surface area contributed by atoms with Gasteiger partial charge in [-0.2, -0.15) is 5.10 Å². The van der Waals surface area contributed by atoms with Gasteiger partial charge in [0.15, 0.2) is 5.69 Å². The van der Waals surface area contributed by atoms with Crippen molar-refractivity contribution in [2.45, 2.75) is 6.92 Å². The summed E-state index contributed by atoms with van der Waals surface area (Å²) < 4.78 is 15.6. The number of anilines is 1. The molecule has 0 saturated carbocycles. The number of nitrogens with one attached hydrogen (secondary N) is 1. The van der Waals surface area contributed by atoms with E-state index in [1.807, 2.05) is 25.1 Å². The van der Waals surface area contributed by atoms with Crippen LogP contribution in [-0.4, -0.2) is 15.7 Å². The maximum Gasteiger partial charge on any atom is 0.276 e. The van der Waals surface area contributed by atoms with Crippen molar-refractivity contribution in [3.63, 3.8) is 0 Å². The van der Waals surface area contributed by atoms with Crippen LogP contribution in [0.2, 0.25) is 0 Å². The second-order valence-electron chi connectivity index (χ2n) is 5.46. The SMILES string of the molecule is Cc1ccc(NC(=O)c2cc(-c3ccc(F)cc3)n(C)n2)cc1Br. The lowest BCUT2D eigenvalue weighted by Gasteiger charge is -2.05. The third kappa shape index (κ3) is 3.38. The third-order valence-corrected chi connectivity index (χ3v) is 4.54. The molecule has 1 aromatic heterocycles. The van der Waals surface area contributed by atoms with Gasteiger partial charge < -0.3 is 5.32 Å². The monoisotopic (exact) mass is 387 g/mol. The minimum Gasteiger partial charge on any atom is -0.321 e. The average Bonchev–Trinajstić information content (AvgIpc) is 2.94. The van der Waals surface area contributed by atoms with E-state index in [0.29, 0.717) is 11.4 Å².